The molecular formula is C8H20Au2Cl2P2-2. The van der Waals surface area contributed by atoms with Crippen molar-refractivity contribution in [1.82, 2.24) is 0 Å². The van der Waals surface area contributed by atoms with Crippen LogP contribution >= 0.6 is 32.9 Å². The molecule has 0 radical (unpaired) electrons. The Balaban J connectivity index is -0.0000000528. The summed E-state index contributed by atoms with van der Waals surface area (Å²) in [6.07, 6.45) is 0. The van der Waals surface area contributed by atoms with Crippen molar-refractivity contribution in [2.24, 2.45) is 0 Å². The standard InChI is InChI=1S/2C4H10P.2Au.2ClH/c2*1-5(2,3)4;;;;/h2*1-2H2,3-4H3;;;2*1H/q2*-1;2*+1;;/p-2. The van der Waals surface area contributed by atoms with Crippen LogP contribution in [-0.2, 0) is 40.0 Å². The van der Waals surface area contributed by atoms with E-state index in [0.717, 1.165) is 0 Å². The average Bonchev–Trinajstić information content (AvgIpc) is 1.88. The first-order valence-electron chi connectivity index (χ1n) is 3.28. The molecule has 0 unspecified atom stereocenters. The van der Waals surface area contributed by atoms with E-state index in [-0.39, 0.29) is 0 Å². The molecule has 0 bridgehead atoms. The van der Waals surface area contributed by atoms with Crippen LogP contribution in [0.1, 0.15) is 0 Å². The van der Waals surface area contributed by atoms with Crippen molar-refractivity contribution in [3.05, 3.63) is 26.7 Å². The van der Waals surface area contributed by atoms with Gasteiger partial charge in [-0.25, -0.2) is 26.7 Å². The molecule has 0 atom stereocenters. The summed E-state index contributed by atoms with van der Waals surface area (Å²) in [5.41, 5.74) is 0. The summed E-state index contributed by atoms with van der Waals surface area (Å²) in [4.78, 5) is 0. The molecule has 0 N–H and O–H groups in total. The summed E-state index contributed by atoms with van der Waals surface area (Å²) in [6, 6.07) is 0. The van der Waals surface area contributed by atoms with Crippen molar-refractivity contribution < 1.29 is 40.0 Å². The van der Waals surface area contributed by atoms with E-state index in [2.05, 4.69) is 71.7 Å². The van der Waals surface area contributed by atoms with Gasteiger partial charge in [0.2, 0.25) is 0 Å². The molecule has 0 rings (SSSR count). The third kappa shape index (κ3) is 339. The van der Waals surface area contributed by atoms with Gasteiger partial charge < -0.3 is 0 Å². The van der Waals surface area contributed by atoms with Crippen molar-refractivity contribution in [3.63, 3.8) is 0 Å². The SMILES string of the molecule is [CH2-][P+]([CH2-])(C)C.[CH2-][P+]([CH2-])(C)C.[Cl][Au].[Cl][Au]. The second kappa shape index (κ2) is 15.9. The molecule has 0 saturated heterocycles. The third-order valence-electron chi connectivity index (χ3n) is 0. The van der Waals surface area contributed by atoms with E-state index in [9.17, 15) is 0 Å². The van der Waals surface area contributed by atoms with Crippen LogP contribution in [0.15, 0.2) is 0 Å². The van der Waals surface area contributed by atoms with Gasteiger partial charge in [0, 0.05) is 0 Å². The molecule has 0 saturated carbocycles. The summed E-state index contributed by atoms with van der Waals surface area (Å²) < 4.78 is 0. The molecule has 0 aliphatic rings. The van der Waals surface area contributed by atoms with Gasteiger partial charge in [-0.2, -0.15) is 0 Å². The molecule has 6 heteroatoms. The van der Waals surface area contributed by atoms with Crippen LogP contribution < -0.4 is 0 Å². The average molecular weight is 643 g/mol. The molecule has 0 aromatic heterocycles. The number of rotatable bonds is 0. The second-order valence-corrected chi connectivity index (χ2v) is 11.6. The first-order valence-corrected chi connectivity index (χ1v) is 14.8. The van der Waals surface area contributed by atoms with Crippen molar-refractivity contribution in [1.29, 1.82) is 0 Å². The summed E-state index contributed by atoms with van der Waals surface area (Å²) in [5, 5.41) is 0. The Morgan fingerprint density at radius 2 is 0.643 bits per heavy atom. The van der Waals surface area contributed by atoms with Gasteiger partial charge in [0.05, 0.1) is 0 Å². The number of halogens is 2. The fraction of sp³-hybridized carbons (Fsp3) is 0.500. The molecule has 0 heterocycles. The molecule has 0 aromatic rings. The maximum atomic E-state index is 4.58. The van der Waals surface area contributed by atoms with E-state index in [0.29, 0.717) is 0 Å². The van der Waals surface area contributed by atoms with Crippen molar-refractivity contribution in [2.75, 3.05) is 26.7 Å². The van der Waals surface area contributed by atoms with Crippen molar-refractivity contribution >= 4 is 32.9 Å². The fourth-order valence-electron chi connectivity index (χ4n) is 0. The van der Waals surface area contributed by atoms with Crippen LogP contribution in [0, 0.1) is 26.7 Å². The molecule has 0 aliphatic heterocycles. The Bertz CT molecular complexity index is 66.3. The zero-order valence-corrected chi connectivity index (χ0v) is 16.7. The molecule has 0 aliphatic carbocycles. The summed E-state index contributed by atoms with van der Waals surface area (Å²) in [7, 11) is 7.39. The van der Waals surface area contributed by atoms with Gasteiger partial charge in [-0.05, 0) is 26.7 Å². The van der Waals surface area contributed by atoms with Gasteiger partial charge >= 0.3 is 58.4 Å². The van der Waals surface area contributed by atoms with Crippen LogP contribution in [0.3, 0.4) is 0 Å². The van der Waals surface area contributed by atoms with Gasteiger partial charge in [0.1, 0.15) is 0 Å². The Kier molecular flexibility index (Phi) is 29.2. The second-order valence-electron chi connectivity index (χ2n) is 3.87. The van der Waals surface area contributed by atoms with Crippen LogP contribution in [0.2, 0.25) is 0 Å². The van der Waals surface area contributed by atoms with E-state index in [4.69, 9.17) is 0 Å². The minimum atomic E-state index is -0.889. The molecule has 0 amide bonds. The topological polar surface area (TPSA) is 0 Å². The Hall–Kier alpha value is 2.92. The predicted octanol–water partition coefficient (Wildman–Crippen LogP) is 5.07. The Morgan fingerprint density at radius 3 is 0.643 bits per heavy atom. The Morgan fingerprint density at radius 1 is 0.643 bits per heavy atom. The van der Waals surface area contributed by atoms with E-state index in [1.165, 1.54) is 0 Å². The molecular weight excluding hydrogens is 623 g/mol. The fourth-order valence-corrected chi connectivity index (χ4v) is 0. The van der Waals surface area contributed by atoms with Crippen LogP contribution in [0.5, 0.6) is 0 Å². The normalized spacial score (nSPS) is 9.57. The molecule has 0 spiro atoms. The molecule has 14 heavy (non-hydrogen) atoms. The van der Waals surface area contributed by atoms with Gasteiger partial charge in [-0.15, -0.1) is 0 Å². The molecule has 100 valence electrons. The quantitative estimate of drug-likeness (QED) is 0.197. The molecule has 0 fully saturated rings. The zero-order valence-electron chi connectivity index (χ0n) is 9.08. The zero-order chi connectivity index (χ0) is 13.0. The van der Waals surface area contributed by atoms with Crippen molar-refractivity contribution in [2.45, 2.75) is 0 Å². The van der Waals surface area contributed by atoms with Crippen LogP contribution in [0.4, 0.5) is 0 Å². The summed E-state index contributed by atoms with van der Waals surface area (Å²) >= 11 is 3.50. The Labute approximate surface area is 125 Å². The maximum absolute atomic E-state index is 4.58. The minimum absolute atomic E-state index is 0.889. The monoisotopic (exact) mass is 642 g/mol. The number of hydrogen-bond donors (Lipinski definition) is 0. The van der Waals surface area contributed by atoms with E-state index in [1.807, 2.05) is 0 Å². The summed E-state index contributed by atoms with van der Waals surface area (Å²) in [5.74, 6) is 0. The molecule has 0 nitrogen and oxygen atoms in total. The van der Waals surface area contributed by atoms with Gasteiger partial charge in [-0.1, -0.05) is 0 Å². The first-order chi connectivity index (χ1) is 6.00. The number of hydrogen-bond acceptors (Lipinski definition) is 0. The predicted molar refractivity (Wildman–Crippen MR) is 70.7 cm³/mol. The van der Waals surface area contributed by atoms with Gasteiger partial charge in [0.25, 0.3) is 0 Å². The summed E-state index contributed by atoms with van der Waals surface area (Å²) in [6.45, 7) is 23.4. The first kappa shape index (κ1) is 25.7. The van der Waals surface area contributed by atoms with Crippen molar-refractivity contribution in [3.8, 4) is 0 Å². The van der Waals surface area contributed by atoms with Crippen LogP contribution in [-0.4, -0.2) is 26.7 Å². The van der Waals surface area contributed by atoms with Gasteiger partial charge in [-0.3, -0.25) is 14.5 Å². The molecule has 0 aromatic carbocycles. The van der Waals surface area contributed by atoms with E-state index < -0.39 is 14.5 Å². The van der Waals surface area contributed by atoms with Crippen LogP contribution in [0.25, 0.3) is 0 Å². The van der Waals surface area contributed by atoms with Gasteiger partial charge in [0.15, 0.2) is 0 Å². The van der Waals surface area contributed by atoms with E-state index in [1.54, 1.807) is 40.0 Å². The van der Waals surface area contributed by atoms with E-state index >= 15 is 0 Å². The third-order valence-corrected chi connectivity index (χ3v) is 0.